The second-order valence-corrected chi connectivity index (χ2v) is 3.66. The van der Waals surface area contributed by atoms with E-state index in [0.717, 1.165) is 5.69 Å². The Balaban J connectivity index is 2.32. The second-order valence-electron chi connectivity index (χ2n) is 3.66. The van der Waals surface area contributed by atoms with Crippen molar-refractivity contribution >= 4 is 22.7 Å². The highest BCUT2D eigenvalue weighted by Gasteiger charge is 2.09. The number of nitrogen functional groups attached to an aromatic ring is 1. The van der Waals surface area contributed by atoms with Crippen molar-refractivity contribution in [2.24, 2.45) is 5.84 Å². The van der Waals surface area contributed by atoms with Crippen LogP contribution >= 0.6 is 0 Å². The average molecular weight is 244 g/mol. The van der Waals surface area contributed by atoms with Gasteiger partial charge in [0.15, 0.2) is 0 Å². The van der Waals surface area contributed by atoms with Gasteiger partial charge in [-0.2, -0.15) is 0 Å². The van der Waals surface area contributed by atoms with Gasteiger partial charge in [0.05, 0.1) is 10.6 Å². The lowest BCUT2D eigenvalue weighted by atomic mass is 10.2. The van der Waals surface area contributed by atoms with E-state index in [0.29, 0.717) is 11.4 Å². The minimum Gasteiger partial charge on any atom is -0.355 e. The van der Waals surface area contributed by atoms with Gasteiger partial charge in [-0.3, -0.25) is 16.0 Å². The number of nitrogens with one attached hydrogen (secondary N) is 2. The zero-order valence-electron chi connectivity index (χ0n) is 9.46. The Morgan fingerprint density at radius 3 is 2.28 bits per heavy atom. The number of anilines is 3. The van der Waals surface area contributed by atoms with Crippen molar-refractivity contribution in [1.82, 2.24) is 0 Å². The Bertz CT molecular complexity index is 557. The zero-order chi connectivity index (χ0) is 13.0. The smallest absolute Gasteiger partial charge is 0.273 e. The first-order valence-electron chi connectivity index (χ1n) is 5.27. The molecule has 4 N–H and O–H groups in total. The highest BCUT2D eigenvalue weighted by Crippen LogP contribution is 2.26. The number of hydrazine groups is 1. The lowest BCUT2D eigenvalue weighted by Gasteiger charge is -2.08. The van der Waals surface area contributed by atoms with Crippen molar-refractivity contribution in [2.75, 3.05) is 10.7 Å². The van der Waals surface area contributed by atoms with Gasteiger partial charge < -0.3 is 10.7 Å². The minimum atomic E-state index is -0.461. The highest BCUT2D eigenvalue weighted by molar-refractivity contribution is 5.68. The monoisotopic (exact) mass is 244 g/mol. The molecule has 0 amide bonds. The van der Waals surface area contributed by atoms with Crippen LogP contribution in [0.2, 0.25) is 0 Å². The predicted molar refractivity (Wildman–Crippen MR) is 70.6 cm³/mol. The maximum absolute atomic E-state index is 10.8. The molecule has 0 fully saturated rings. The van der Waals surface area contributed by atoms with Crippen LogP contribution in [0.25, 0.3) is 0 Å². The van der Waals surface area contributed by atoms with Gasteiger partial charge in [0.2, 0.25) is 0 Å². The van der Waals surface area contributed by atoms with Crippen LogP contribution in [0.15, 0.2) is 48.5 Å². The van der Waals surface area contributed by atoms with Crippen molar-refractivity contribution in [3.05, 3.63) is 58.6 Å². The van der Waals surface area contributed by atoms with E-state index in [1.807, 2.05) is 30.3 Å². The van der Waals surface area contributed by atoms with Gasteiger partial charge in [-0.15, -0.1) is 0 Å². The van der Waals surface area contributed by atoms with Crippen molar-refractivity contribution in [2.45, 2.75) is 0 Å². The quantitative estimate of drug-likeness (QED) is 0.436. The molecule has 0 aliphatic heterocycles. The Kier molecular flexibility index (Phi) is 3.40. The number of para-hydroxylation sites is 1. The van der Waals surface area contributed by atoms with Crippen molar-refractivity contribution in [3.8, 4) is 0 Å². The molecule has 0 saturated carbocycles. The third-order valence-corrected chi connectivity index (χ3v) is 2.36. The summed E-state index contributed by atoms with van der Waals surface area (Å²) in [6, 6.07) is 13.9. The van der Waals surface area contributed by atoms with Crippen LogP contribution in [0, 0.1) is 10.1 Å². The molecular weight excluding hydrogens is 232 g/mol. The molecule has 92 valence electrons. The molecule has 2 aromatic carbocycles. The van der Waals surface area contributed by atoms with Gasteiger partial charge >= 0.3 is 0 Å². The fourth-order valence-electron chi connectivity index (χ4n) is 1.56. The van der Waals surface area contributed by atoms with E-state index in [1.54, 1.807) is 6.07 Å². The number of non-ortho nitro benzene ring substituents is 1. The third kappa shape index (κ3) is 2.74. The van der Waals surface area contributed by atoms with Crippen LogP contribution in [-0.4, -0.2) is 4.92 Å². The van der Waals surface area contributed by atoms with E-state index in [-0.39, 0.29) is 5.69 Å². The highest BCUT2D eigenvalue weighted by atomic mass is 16.6. The van der Waals surface area contributed by atoms with Gasteiger partial charge in [-0.05, 0) is 18.2 Å². The SMILES string of the molecule is NNc1cc(Nc2ccccc2)cc([N+](=O)[O-])c1. The molecule has 0 aliphatic carbocycles. The van der Waals surface area contributed by atoms with Crippen LogP contribution in [0.4, 0.5) is 22.7 Å². The number of nitro groups is 1. The summed E-state index contributed by atoms with van der Waals surface area (Å²) in [6.07, 6.45) is 0. The lowest BCUT2D eigenvalue weighted by Crippen LogP contribution is -2.07. The molecular formula is C12H12N4O2. The molecule has 6 heteroatoms. The normalized spacial score (nSPS) is 9.83. The summed E-state index contributed by atoms with van der Waals surface area (Å²) in [5, 5.41) is 13.9. The summed E-state index contributed by atoms with van der Waals surface area (Å²) in [6.45, 7) is 0. The third-order valence-electron chi connectivity index (χ3n) is 2.36. The summed E-state index contributed by atoms with van der Waals surface area (Å²) < 4.78 is 0. The molecule has 0 radical (unpaired) electrons. The molecule has 0 spiro atoms. The van der Waals surface area contributed by atoms with Gasteiger partial charge in [0.25, 0.3) is 5.69 Å². The van der Waals surface area contributed by atoms with Gasteiger partial charge in [0.1, 0.15) is 0 Å². The molecule has 18 heavy (non-hydrogen) atoms. The Morgan fingerprint density at radius 2 is 1.67 bits per heavy atom. The van der Waals surface area contributed by atoms with Crippen LogP contribution in [-0.2, 0) is 0 Å². The maximum Gasteiger partial charge on any atom is 0.273 e. The number of benzene rings is 2. The van der Waals surface area contributed by atoms with Crippen molar-refractivity contribution < 1.29 is 4.92 Å². The topological polar surface area (TPSA) is 93.2 Å². The Labute approximate surface area is 104 Å². The van der Waals surface area contributed by atoms with Crippen LogP contribution in [0.5, 0.6) is 0 Å². The molecule has 0 unspecified atom stereocenters. The summed E-state index contributed by atoms with van der Waals surface area (Å²) in [5.41, 5.74) is 4.30. The molecule has 0 heterocycles. The zero-order valence-corrected chi connectivity index (χ0v) is 9.46. The van der Waals surface area contributed by atoms with Crippen molar-refractivity contribution in [3.63, 3.8) is 0 Å². The number of nitro benzene ring substituents is 1. The summed E-state index contributed by atoms with van der Waals surface area (Å²) in [7, 11) is 0. The molecule has 0 aromatic heterocycles. The number of hydrogen-bond donors (Lipinski definition) is 3. The van der Waals surface area contributed by atoms with E-state index in [4.69, 9.17) is 5.84 Å². The molecule has 0 bridgehead atoms. The fraction of sp³-hybridized carbons (Fsp3) is 0. The fourth-order valence-corrected chi connectivity index (χ4v) is 1.56. The van der Waals surface area contributed by atoms with Gasteiger partial charge in [-0.25, -0.2) is 0 Å². The van der Waals surface area contributed by atoms with E-state index >= 15 is 0 Å². The summed E-state index contributed by atoms with van der Waals surface area (Å²) in [4.78, 5) is 10.3. The predicted octanol–water partition coefficient (Wildman–Crippen LogP) is 2.62. The standard InChI is InChI=1S/C12H12N4O2/c13-15-11-6-10(7-12(8-11)16(17)18)14-9-4-2-1-3-5-9/h1-8,14-15H,13H2. The molecule has 0 aliphatic rings. The molecule has 2 aromatic rings. The van der Waals surface area contributed by atoms with Gasteiger partial charge in [-0.1, -0.05) is 18.2 Å². The molecule has 6 nitrogen and oxygen atoms in total. The first-order valence-corrected chi connectivity index (χ1v) is 5.27. The first-order chi connectivity index (χ1) is 8.69. The van der Waals surface area contributed by atoms with Crippen LogP contribution in [0.1, 0.15) is 0 Å². The average Bonchev–Trinajstić information content (AvgIpc) is 2.39. The van der Waals surface area contributed by atoms with Crippen LogP contribution in [0.3, 0.4) is 0 Å². The lowest BCUT2D eigenvalue weighted by molar-refractivity contribution is -0.384. The number of nitrogens with two attached hydrogens (primary N) is 1. The number of hydrogen-bond acceptors (Lipinski definition) is 5. The Hall–Kier alpha value is -2.60. The summed E-state index contributed by atoms with van der Waals surface area (Å²) in [5.74, 6) is 5.28. The van der Waals surface area contributed by atoms with E-state index in [1.165, 1.54) is 12.1 Å². The largest absolute Gasteiger partial charge is 0.355 e. The maximum atomic E-state index is 10.8. The molecule has 2 rings (SSSR count). The van der Waals surface area contributed by atoms with Gasteiger partial charge in [0, 0.05) is 23.5 Å². The number of nitrogens with zero attached hydrogens (tertiary/aromatic N) is 1. The molecule has 0 atom stereocenters. The first kappa shape index (κ1) is 11.9. The van der Waals surface area contributed by atoms with Crippen molar-refractivity contribution in [1.29, 1.82) is 0 Å². The van der Waals surface area contributed by atoms with E-state index < -0.39 is 4.92 Å². The summed E-state index contributed by atoms with van der Waals surface area (Å²) >= 11 is 0. The van der Waals surface area contributed by atoms with Crippen LogP contribution < -0.4 is 16.6 Å². The number of rotatable bonds is 4. The second kappa shape index (κ2) is 5.15. The molecule has 0 saturated heterocycles. The Morgan fingerprint density at radius 1 is 1.00 bits per heavy atom. The van der Waals surface area contributed by atoms with E-state index in [2.05, 4.69) is 10.7 Å². The van der Waals surface area contributed by atoms with E-state index in [9.17, 15) is 10.1 Å². The minimum absolute atomic E-state index is 0.0242.